The Labute approximate surface area is 114 Å². The summed E-state index contributed by atoms with van der Waals surface area (Å²) in [5, 5.41) is 3.55. The van der Waals surface area contributed by atoms with Crippen LogP contribution in [0.15, 0.2) is 18.2 Å². The number of methoxy groups -OCH3 is 1. The van der Waals surface area contributed by atoms with Crippen LogP contribution in [-0.2, 0) is 4.74 Å². The van der Waals surface area contributed by atoms with Crippen molar-refractivity contribution in [2.24, 2.45) is 5.73 Å². The number of benzene rings is 1. The molecule has 19 heavy (non-hydrogen) atoms. The monoisotopic (exact) mass is 262 g/mol. The fraction of sp³-hybridized carbons (Fsp3) is 0.533. The van der Waals surface area contributed by atoms with Crippen molar-refractivity contribution in [1.82, 2.24) is 0 Å². The Morgan fingerprint density at radius 3 is 2.84 bits per heavy atom. The second kappa shape index (κ2) is 6.06. The lowest BCUT2D eigenvalue weighted by Crippen LogP contribution is -2.31. The van der Waals surface area contributed by atoms with Gasteiger partial charge in [-0.3, -0.25) is 4.79 Å². The molecule has 0 bridgehead atoms. The third-order valence-electron chi connectivity index (χ3n) is 3.83. The SMILES string of the molecule is COC1CCCC(Nc2ccc(C(N)=O)cc2C)C1. The number of primary amides is 1. The lowest BCUT2D eigenvalue weighted by molar-refractivity contribution is 0.0669. The van der Waals surface area contributed by atoms with Gasteiger partial charge in [0.1, 0.15) is 0 Å². The lowest BCUT2D eigenvalue weighted by atomic mass is 9.92. The Bertz CT molecular complexity index is 459. The molecule has 0 heterocycles. The van der Waals surface area contributed by atoms with Gasteiger partial charge in [0.25, 0.3) is 0 Å². The molecular formula is C15H22N2O2. The van der Waals surface area contributed by atoms with E-state index in [4.69, 9.17) is 10.5 Å². The molecule has 104 valence electrons. The zero-order valence-electron chi connectivity index (χ0n) is 11.6. The van der Waals surface area contributed by atoms with E-state index in [0.29, 0.717) is 17.7 Å². The average molecular weight is 262 g/mol. The molecule has 0 aromatic heterocycles. The molecule has 3 N–H and O–H groups in total. The summed E-state index contributed by atoms with van der Waals surface area (Å²) in [7, 11) is 1.78. The summed E-state index contributed by atoms with van der Waals surface area (Å²) in [6.45, 7) is 1.99. The van der Waals surface area contributed by atoms with Crippen LogP contribution < -0.4 is 11.1 Å². The summed E-state index contributed by atoms with van der Waals surface area (Å²) in [6, 6.07) is 5.98. The molecule has 2 unspecified atom stereocenters. The molecule has 0 aliphatic heterocycles. The molecule has 4 nitrogen and oxygen atoms in total. The Balaban J connectivity index is 2.04. The summed E-state index contributed by atoms with van der Waals surface area (Å²) in [5.41, 5.74) is 7.96. The van der Waals surface area contributed by atoms with Gasteiger partial charge in [-0.1, -0.05) is 0 Å². The molecule has 2 rings (SSSR count). The van der Waals surface area contributed by atoms with Gasteiger partial charge in [-0.25, -0.2) is 0 Å². The Kier molecular flexibility index (Phi) is 4.43. The first kappa shape index (κ1) is 13.9. The molecule has 0 spiro atoms. The van der Waals surface area contributed by atoms with Crippen molar-refractivity contribution < 1.29 is 9.53 Å². The zero-order chi connectivity index (χ0) is 13.8. The highest BCUT2D eigenvalue weighted by molar-refractivity contribution is 5.93. The quantitative estimate of drug-likeness (QED) is 0.876. The Morgan fingerprint density at radius 1 is 1.42 bits per heavy atom. The van der Waals surface area contributed by atoms with Crippen LogP contribution in [0.5, 0.6) is 0 Å². The third-order valence-corrected chi connectivity index (χ3v) is 3.83. The predicted octanol–water partition coefficient (Wildman–Crippen LogP) is 2.46. The number of anilines is 1. The summed E-state index contributed by atoms with van der Waals surface area (Å²) >= 11 is 0. The number of nitrogens with one attached hydrogen (secondary N) is 1. The molecule has 1 saturated carbocycles. The minimum absolute atomic E-state index is 0.358. The van der Waals surface area contributed by atoms with Crippen molar-refractivity contribution in [3.63, 3.8) is 0 Å². The molecule has 1 aromatic rings. The highest BCUT2D eigenvalue weighted by Crippen LogP contribution is 2.25. The third kappa shape index (κ3) is 3.47. The maximum Gasteiger partial charge on any atom is 0.248 e. The minimum Gasteiger partial charge on any atom is -0.382 e. The van der Waals surface area contributed by atoms with Crippen LogP contribution >= 0.6 is 0 Å². The van der Waals surface area contributed by atoms with Gasteiger partial charge in [0.2, 0.25) is 5.91 Å². The number of hydrogen-bond donors (Lipinski definition) is 2. The molecular weight excluding hydrogens is 240 g/mol. The van der Waals surface area contributed by atoms with E-state index < -0.39 is 0 Å². The van der Waals surface area contributed by atoms with Crippen LogP contribution in [0, 0.1) is 6.92 Å². The van der Waals surface area contributed by atoms with Crippen molar-refractivity contribution in [3.05, 3.63) is 29.3 Å². The first-order chi connectivity index (χ1) is 9.10. The van der Waals surface area contributed by atoms with Crippen molar-refractivity contribution in [1.29, 1.82) is 0 Å². The summed E-state index contributed by atoms with van der Waals surface area (Å²) in [6.07, 6.45) is 4.89. The van der Waals surface area contributed by atoms with Crippen LogP contribution in [0.3, 0.4) is 0 Å². The first-order valence-electron chi connectivity index (χ1n) is 6.80. The fourth-order valence-corrected chi connectivity index (χ4v) is 2.69. The summed E-state index contributed by atoms with van der Waals surface area (Å²) < 4.78 is 5.44. The van der Waals surface area contributed by atoms with Crippen molar-refractivity contribution in [2.75, 3.05) is 12.4 Å². The normalized spacial score (nSPS) is 23.1. The van der Waals surface area contributed by atoms with E-state index in [9.17, 15) is 4.79 Å². The van der Waals surface area contributed by atoms with E-state index in [0.717, 1.165) is 30.5 Å². The van der Waals surface area contributed by atoms with Gasteiger partial charge in [-0.15, -0.1) is 0 Å². The molecule has 2 atom stereocenters. The number of nitrogens with two attached hydrogens (primary N) is 1. The maximum atomic E-state index is 11.1. The van der Waals surface area contributed by atoms with Gasteiger partial charge in [0.15, 0.2) is 0 Å². The van der Waals surface area contributed by atoms with Crippen molar-refractivity contribution in [2.45, 2.75) is 44.8 Å². The molecule has 0 saturated heterocycles. The van der Waals surface area contributed by atoms with Crippen molar-refractivity contribution in [3.8, 4) is 0 Å². The summed E-state index contributed by atoms with van der Waals surface area (Å²) in [4.78, 5) is 11.1. The van der Waals surface area contributed by atoms with E-state index >= 15 is 0 Å². The number of carbonyl (C=O) groups is 1. The van der Waals surface area contributed by atoms with E-state index in [1.54, 1.807) is 13.2 Å². The molecule has 1 amide bonds. The van der Waals surface area contributed by atoms with Crippen LogP contribution in [0.25, 0.3) is 0 Å². The van der Waals surface area contributed by atoms with Gasteiger partial charge in [-0.05, 0) is 56.4 Å². The largest absolute Gasteiger partial charge is 0.382 e. The lowest BCUT2D eigenvalue weighted by Gasteiger charge is -2.30. The summed E-state index contributed by atoms with van der Waals surface area (Å²) in [5.74, 6) is -0.383. The van der Waals surface area contributed by atoms with Crippen LogP contribution in [0.1, 0.15) is 41.6 Å². The van der Waals surface area contributed by atoms with Crippen LogP contribution in [0.2, 0.25) is 0 Å². The Hall–Kier alpha value is -1.55. The van der Waals surface area contributed by atoms with Crippen LogP contribution in [0.4, 0.5) is 5.69 Å². The van der Waals surface area contributed by atoms with E-state index in [2.05, 4.69) is 5.32 Å². The number of ether oxygens (including phenoxy) is 1. The standard InChI is InChI=1S/C15H22N2O2/c1-10-8-11(15(16)18)6-7-14(10)17-12-4-3-5-13(9-12)19-2/h6-8,12-13,17H,3-5,9H2,1-2H3,(H2,16,18). The Morgan fingerprint density at radius 2 is 2.21 bits per heavy atom. The smallest absolute Gasteiger partial charge is 0.248 e. The number of aryl methyl sites for hydroxylation is 1. The van der Waals surface area contributed by atoms with Gasteiger partial charge >= 0.3 is 0 Å². The topological polar surface area (TPSA) is 64.3 Å². The molecule has 4 heteroatoms. The second-order valence-electron chi connectivity index (χ2n) is 5.26. The van der Waals surface area contributed by atoms with Crippen LogP contribution in [-0.4, -0.2) is 25.2 Å². The van der Waals surface area contributed by atoms with Gasteiger partial charge in [-0.2, -0.15) is 0 Å². The second-order valence-corrected chi connectivity index (χ2v) is 5.26. The predicted molar refractivity (Wildman–Crippen MR) is 76.4 cm³/mol. The van der Waals surface area contributed by atoms with Gasteiger partial charge in [0.05, 0.1) is 6.10 Å². The van der Waals surface area contributed by atoms with E-state index in [1.807, 2.05) is 19.1 Å². The first-order valence-corrected chi connectivity index (χ1v) is 6.80. The van der Waals surface area contributed by atoms with Gasteiger partial charge in [0, 0.05) is 24.4 Å². The van der Waals surface area contributed by atoms with E-state index in [1.165, 1.54) is 6.42 Å². The number of hydrogen-bond acceptors (Lipinski definition) is 3. The average Bonchev–Trinajstić information content (AvgIpc) is 2.41. The molecule has 1 aromatic carbocycles. The fourth-order valence-electron chi connectivity index (χ4n) is 2.69. The number of rotatable bonds is 4. The van der Waals surface area contributed by atoms with Gasteiger partial charge < -0.3 is 15.8 Å². The molecule has 1 aliphatic rings. The maximum absolute atomic E-state index is 11.1. The minimum atomic E-state index is -0.383. The molecule has 1 aliphatic carbocycles. The molecule has 1 fully saturated rings. The number of carbonyl (C=O) groups excluding carboxylic acids is 1. The van der Waals surface area contributed by atoms with Crippen molar-refractivity contribution >= 4 is 11.6 Å². The zero-order valence-corrected chi connectivity index (χ0v) is 11.6. The highest BCUT2D eigenvalue weighted by Gasteiger charge is 2.21. The molecule has 0 radical (unpaired) electrons. The highest BCUT2D eigenvalue weighted by atomic mass is 16.5. The van der Waals surface area contributed by atoms with E-state index in [-0.39, 0.29) is 5.91 Å². The number of amides is 1.